The van der Waals surface area contributed by atoms with Crippen molar-refractivity contribution in [1.29, 1.82) is 0 Å². The first kappa shape index (κ1) is 80.8. The maximum atomic E-state index is 16.9. The zero-order chi connectivity index (χ0) is 62.9. The van der Waals surface area contributed by atoms with Crippen molar-refractivity contribution in [3.63, 3.8) is 0 Å². The Morgan fingerprint density at radius 2 is 0.494 bits per heavy atom. The van der Waals surface area contributed by atoms with E-state index in [1.807, 2.05) is 6.92 Å². The quantitative estimate of drug-likeness (QED) is 0.0429. The van der Waals surface area contributed by atoms with E-state index in [4.69, 9.17) is 79.7 Å². The molecular weight excluding hydrogens is 1220 g/mol. The lowest BCUT2D eigenvalue weighted by atomic mass is 9.72. The number of rotatable bonds is 52. The standard InChI is InChI=1S/C51H114F2N2O20Si8/c1-46-44-47(49(56)54-28-20-30-76(32-22-38-78(58-2,59-3)60-4,33-23-39-79(61-5,62-6)63-7)34-24-40-80(64-8,65-9)66-10)51(52,53)48(45-46)50(57)55-29-21-31-77(35-25-41-81(67-11,68-12)69-13,36-26-42-82(70-14,71-15)72-16)37-27-43-83(73-17,74-18)75-19/h46-48H,20-45H2,1-19H3,(H,54,56)(H,55,57). The second kappa shape index (κ2) is 40.5. The molecule has 0 saturated heterocycles. The first-order chi connectivity index (χ1) is 39.5. The highest BCUT2D eigenvalue weighted by molar-refractivity contribution is 6.81. The lowest BCUT2D eigenvalue weighted by Gasteiger charge is -2.39. The Morgan fingerprint density at radius 3 is 0.663 bits per heavy atom. The van der Waals surface area contributed by atoms with E-state index in [0.29, 0.717) is 49.1 Å². The summed E-state index contributed by atoms with van der Waals surface area (Å²) < 4.78 is 138. The van der Waals surface area contributed by atoms with Crippen molar-refractivity contribution in [1.82, 2.24) is 10.6 Å². The Morgan fingerprint density at radius 1 is 0.325 bits per heavy atom. The average Bonchev–Trinajstić information content (AvgIpc) is 3.70. The second-order valence-corrected chi connectivity index (χ2v) is 50.6. The van der Waals surface area contributed by atoms with Gasteiger partial charge in [-0.25, -0.2) is 8.78 Å². The molecule has 2 atom stereocenters. The van der Waals surface area contributed by atoms with Gasteiger partial charge in [-0.2, -0.15) is 0 Å². The summed E-state index contributed by atoms with van der Waals surface area (Å²) in [6.45, 7) is 2.24. The SMILES string of the molecule is CO[Si](CCC[Si](CCCNC(=O)C1CC(C)CC(C(=O)NCCC[Si](CCC[Si](OC)(OC)OC)(CCC[Si](OC)(OC)OC)CCC[Si](OC)(OC)OC)C1(F)F)(CCC[Si](OC)(OC)OC)CCC[Si](OC)(OC)OC)(OC)OC. The van der Waals surface area contributed by atoms with Crippen LogP contribution in [-0.2, 0) is 89.3 Å². The van der Waals surface area contributed by atoms with Gasteiger partial charge in [-0.05, 0) is 31.6 Å². The van der Waals surface area contributed by atoms with Crippen molar-refractivity contribution in [2.45, 2.75) is 162 Å². The van der Waals surface area contributed by atoms with Gasteiger partial charge in [0.15, 0.2) is 0 Å². The molecule has 2 amide bonds. The van der Waals surface area contributed by atoms with E-state index in [1.54, 1.807) is 128 Å². The molecule has 0 spiro atoms. The van der Waals surface area contributed by atoms with Crippen LogP contribution in [0.1, 0.15) is 71.1 Å². The third-order valence-electron chi connectivity index (χ3n) is 17.9. The summed E-state index contributed by atoms with van der Waals surface area (Å²) in [6.07, 6.45) is 5.75. The van der Waals surface area contributed by atoms with E-state index in [1.165, 1.54) is 0 Å². The molecule has 494 valence electrons. The largest absolute Gasteiger partial charge is 0.500 e. The third kappa shape index (κ3) is 24.5. The fourth-order valence-corrected chi connectivity index (χ4v) is 35.4. The van der Waals surface area contributed by atoms with Gasteiger partial charge in [0.1, 0.15) is 11.8 Å². The van der Waals surface area contributed by atoms with Gasteiger partial charge in [0, 0.05) is 177 Å². The van der Waals surface area contributed by atoms with Crippen LogP contribution in [0.4, 0.5) is 8.78 Å². The summed E-state index contributed by atoms with van der Waals surface area (Å²) in [5.41, 5.74) is 0. The number of nitrogens with one attached hydrogen (secondary N) is 2. The Balaban J connectivity index is 3.49. The second-order valence-electron chi connectivity index (χ2n) is 22.0. The van der Waals surface area contributed by atoms with Crippen LogP contribution in [0.15, 0.2) is 0 Å². The zero-order valence-electron chi connectivity index (χ0n) is 54.5. The predicted molar refractivity (Wildman–Crippen MR) is 333 cm³/mol. The summed E-state index contributed by atoms with van der Waals surface area (Å²) >= 11 is 0. The molecule has 2 unspecified atom stereocenters. The number of carbonyl (C=O) groups is 2. The summed E-state index contributed by atoms with van der Waals surface area (Å²) in [6, 6.07) is 10.6. The molecule has 1 fully saturated rings. The fourth-order valence-electron chi connectivity index (χ4n) is 12.5. The van der Waals surface area contributed by atoms with Crippen LogP contribution in [-0.4, -0.2) is 228 Å². The van der Waals surface area contributed by atoms with Crippen LogP contribution in [0.5, 0.6) is 0 Å². The normalized spacial score (nSPS) is 17.8. The van der Waals surface area contributed by atoms with Crippen LogP contribution in [0, 0.1) is 17.8 Å². The maximum absolute atomic E-state index is 16.9. The van der Waals surface area contributed by atoms with E-state index in [0.717, 1.165) is 86.9 Å². The highest BCUT2D eigenvalue weighted by atomic mass is 28.4. The molecule has 0 radical (unpaired) electrons. The number of halogens is 2. The highest BCUT2D eigenvalue weighted by Crippen LogP contribution is 2.46. The minimum Gasteiger partial charge on any atom is -0.377 e. The number of hydrogen-bond donors (Lipinski definition) is 2. The average molecular weight is 1340 g/mol. The van der Waals surface area contributed by atoms with E-state index in [9.17, 15) is 9.59 Å². The number of hydrogen-bond acceptors (Lipinski definition) is 20. The third-order valence-corrected chi connectivity index (χ3v) is 46.2. The van der Waals surface area contributed by atoms with Crippen molar-refractivity contribution in [3.05, 3.63) is 0 Å². The fraction of sp³-hybridized carbons (Fsp3) is 0.961. The van der Waals surface area contributed by atoms with Crippen molar-refractivity contribution in [3.8, 4) is 0 Å². The van der Waals surface area contributed by atoms with E-state index >= 15 is 8.78 Å². The lowest BCUT2D eigenvalue weighted by molar-refractivity contribution is -0.172. The Labute approximate surface area is 507 Å². The van der Waals surface area contributed by atoms with Gasteiger partial charge >= 0.3 is 52.8 Å². The van der Waals surface area contributed by atoms with Crippen LogP contribution in [0.3, 0.4) is 0 Å². The molecule has 1 rings (SSSR count). The van der Waals surface area contributed by atoms with Gasteiger partial charge in [0.25, 0.3) is 5.92 Å². The van der Waals surface area contributed by atoms with Crippen molar-refractivity contribution >= 4 is 80.8 Å². The number of alkyl halides is 2. The molecule has 22 nitrogen and oxygen atoms in total. The highest BCUT2D eigenvalue weighted by Gasteiger charge is 2.57. The molecule has 1 saturated carbocycles. The van der Waals surface area contributed by atoms with Gasteiger partial charge in [0.2, 0.25) is 11.8 Å². The molecule has 1 aliphatic rings. The molecular formula is C51H114F2N2O20Si8. The molecule has 0 aromatic rings. The van der Waals surface area contributed by atoms with Crippen LogP contribution >= 0.6 is 0 Å². The first-order valence-electron chi connectivity index (χ1n) is 29.3. The van der Waals surface area contributed by atoms with Crippen molar-refractivity contribution in [2.75, 3.05) is 141 Å². The van der Waals surface area contributed by atoms with E-state index in [-0.39, 0.29) is 31.8 Å². The smallest absolute Gasteiger partial charge is 0.377 e. The van der Waals surface area contributed by atoms with Crippen LogP contribution in [0.2, 0.25) is 84.6 Å². The molecule has 0 aromatic carbocycles. The maximum Gasteiger partial charge on any atom is 0.500 e. The first-order valence-corrected chi connectivity index (χ1v) is 46.6. The van der Waals surface area contributed by atoms with E-state index in [2.05, 4.69) is 10.6 Å². The van der Waals surface area contributed by atoms with Gasteiger partial charge in [-0.1, -0.05) is 93.8 Å². The minimum atomic E-state index is -3.58. The minimum absolute atomic E-state index is 0.0358. The van der Waals surface area contributed by atoms with Gasteiger partial charge < -0.3 is 90.3 Å². The molecule has 0 aromatic heterocycles. The molecule has 0 bridgehead atoms. The van der Waals surface area contributed by atoms with Crippen LogP contribution in [0.25, 0.3) is 0 Å². The summed E-state index contributed by atoms with van der Waals surface area (Å²) in [7, 11) is 6.92. The zero-order valence-corrected chi connectivity index (χ0v) is 62.5. The molecule has 32 heteroatoms. The topological polar surface area (TPSA) is 224 Å². The van der Waals surface area contributed by atoms with Gasteiger partial charge in [0.05, 0.1) is 16.1 Å². The molecule has 0 aliphatic heterocycles. The van der Waals surface area contributed by atoms with Crippen LogP contribution < -0.4 is 10.6 Å². The molecule has 2 N–H and O–H groups in total. The number of carbonyl (C=O) groups excluding carboxylic acids is 2. The predicted octanol–water partition coefficient (Wildman–Crippen LogP) is 8.80. The van der Waals surface area contributed by atoms with Gasteiger partial charge in [-0.3, -0.25) is 9.59 Å². The van der Waals surface area contributed by atoms with Crippen molar-refractivity contribution < 1.29 is 98.0 Å². The molecule has 0 heterocycles. The molecule has 83 heavy (non-hydrogen) atoms. The van der Waals surface area contributed by atoms with E-state index < -0.39 is 98.5 Å². The summed E-state index contributed by atoms with van der Waals surface area (Å²) in [5.74, 6) is -8.69. The Hall–Kier alpha value is -0.185. The monoisotopic (exact) mass is 1340 g/mol. The summed E-state index contributed by atoms with van der Waals surface area (Å²) in [4.78, 5) is 28.2. The van der Waals surface area contributed by atoms with Crippen molar-refractivity contribution in [2.24, 2.45) is 17.8 Å². The number of amides is 2. The molecule has 1 aliphatic carbocycles. The van der Waals surface area contributed by atoms with Gasteiger partial charge in [-0.15, -0.1) is 0 Å². The summed E-state index contributed by atoms with van der Waals surface area (Å²) in [5, 5.41) is 5.84. The lowest BCUT2D eigenvalue weighted by Crippen LogP contribution is -2.54. The Bertz CT molecular complexity index is 1450. The Kier molecular flexibility index (Phi) is 39.5.